The van der Waals surface area contributed by atoms with Gasteiger partial charge in [0.1, 0.15) is 0 Å². The highest BCUT2D eigenvalue weighted by Gasteiger charge is 2.26. The lowest BCUT2D eigenvalue weighted by atomic mass is 10.2. The average Bonchev–Trinajstić information content (AvgIpc) is 3.17. The Labute approximate surface area is 126 Å². The number of anilines is 1. The highest BCUT2D eigenvalue weighted by atomic mass is 16.6. The van der Waals surface area contributed by atoms with Gasteiger partial charge in [0.25, 0.3) is 11.4 Å². The van der Waals surface area contributed by atoms with Crippen molar-refractivity contribution in [2.24, 2.45) is 0 Å². The summed E-state index contributed by atoms with van der Waals surface area (Å²) in [4.78, 5) is 24.7. The molecule has 8 heteroatoms. The van der Waals surface area contributed by atoms with E-state index in [4.69, 9.17) is 0 Å². The predicted molar refractivity (Wildman–Crippen MR) is 80.3 cm³/mol. The lowest BCUT2D eigenvalue weighted by Crippen LogP contribution is -2.32. The Morgan fingerprint density at radius 3 is 2.09 bits per heavy atom. The van der Waals surface area contributed by atoms with Crippen molar-refractivity contribution in [2.45, 2.75) is 31.7 Å². The first-order valence-corrected chi connectivity index (χ1v) is 7.19. The summed E-state index contributed by atoms with van der Waals surface area (Å²) in [6, 6.07) is 4.22. The van der Waals surface area contributed by atoms with Crippen molar-refractivity contribution in [3.05, 3.63) is 50.8 Å². The maximum absolute atomic E-state index is 11.0. The molecule has 3 rings (SSSR count). The van der Waals surface area contributed by atoms with E-state index in [0.29, 0.717) is 18.4 Å². The summed E-state index contributed by atoms with van der Waals surface area (Å²) in [7, 11) is 0. The van der Waals surface area contributed by atoms with Gasteiger partial charge in [0.2, 0.25) is 0 Å². The fourth-order valence-electron chi connectivity index (χ4n) is 3.03. The van der Waals surface area contributed by atoms with Crippen LogP contribution in [0.2, 0.25) is 0 Å². The molecule has 0 radical (unpaired) electrons. The average molecular weight is 304 g/mol. The summed E-state index contributed by atoms with van der Waals surface area (Å²) in [6.07, 6.45) is 8.51. The number of rotatable bonds is 4. The first-order valence-electron chi connectivity index (χ1n) is 7.19. The zero-order valence-electron chi connectivity index (χ0n) is 11.9. The Morgan fingerprint density at radius 1 is 0.955 bits per heavy atom. The largest absolute Gasteiger partial charge is 0.355 e. The maximum atomic E-state index is 11.0. The molecule has 1 heterocycles. The zero-order chi connectivity index (χ0) is 15.7. The minimum absolute atomic E-state index is 0.267. The number of nitro benzene ring substituents is 2. The molecule has 22 heavy (non-hydrogen) atoms. The second-order valence-electron chi connectivity index (χ2n) is 5.58. The molecule has 116 valence electrons. The van der Waals surface area contributed by atoms with Gasteiger partial charge in [-0.2, -0.15) is 0 Å². The van der Waals surface area contributed by atoms with Crippen LogP contribution in [0.25, 0.3) is 0 Å². The number of hydrogen-bond donors (Lipinski definition) is 0. The minimum Gasteiger partial charge on any atom is -0.355 e. The van der Waals surface area contributed by atoms with E-state index < -0.39 is 9.85 Å². The van der Waals surface area contributed by atoms with E-state index in [2.05, 4.69) is 4.90 Å². The fraction of sp³-hybridized carbons (Fsp3) is 0.429. The van der Waals surface area contributed by atoms with Crippen LogP contribution in [0.3, 0.4) is 0 Å². The molecule has 1 aliphatic heterocycles. The smallest absolute Gasteiger partial charge is 0.278 e. The molecule has 1 aliphatic carbocycles. The quantitative estimate of drug-likeness (QED) is 0.627. The third-order valence-electron chi connectivity index (χ3n) is 4.19. The molecule has 2 aliphatic rings. The van der Waals surface area contributed by atoms with Crippen molar-refractivity contribution in [2.75, 3.05) is 11.6 Å². The number of hydrogen-bond acceptors (Lipinski definition) is 6. The maximum Gasteiger partial charge on any atom is 0.278 e. The summed E-state index contributed by atoms with van der Waals surface area (Å²) < 4.78 is 0. The van der Waals surface area contributed by atoms with Crippen molar-refractivity contribution in [3.8, 4) is 0 Å². The highest BCUT2D eigenvalue weighted by molar-refractivity contribution is 5.62. The second-order valence-corrected chi connectivity index (χ2v) is 5.58. The Balaban J connectivity index is 1.84. The molecule has 0 unspecified atom stereocenters. The van der Waals surface area contributed by atoms with Crippen LogP contribution in [0, 0.1) is 20.2 Å². The van der Waals surface area contributed by atoms with Crippen molar-refractivity contribution < 1.29 is 9.85 Å². The van der Waals surface area contributed by atoms with Crippen molar-refractivity contribution in [1.82, 2.24) is 4.90 Å². The monoisotopic (exact) mass is 304 g/mol. The molecule has 1 saturated carbocycles. The van der Waals surface area contributed by atoms with E-state index >= 15 is 0 Å². The van der Waals surface area contributed by atoms with Crippen molar-refractivity contribution in [1.29, 1.82) is 0 Å². The SMILES string of the molecule is O=[N+]([O-])c1cc(N2C=CN(C3CCCC3)C2)cc([N+](=O)[O-])c1. The summed E-state index contributed by atoms with van der Waals surface area (Å²) in [5.74, 6) is 0. The molecular formula is C14H16N4O4. The molecule has 0 N–H and O–H groups in total. The molecule has 0 atom stereocenters. The molecule has 0 bridgehead atoms. The molecule has 8 nitrogen and oxygen atoms in total. The first kappa shape index (κ1) is 14.3. The zero-order valence-corrected chi connectivity index (χ0v) is 11.9. The van der Waals surface area contributed by atoms with Crippen LogP contribution < -0.4 is 4.90 Å². The number of nitro groups is 2. The van der Waals surface area contributed by atoms with E-state index in [1.165, 1.54) is 25.0 Å². The molecule has 0 amide bonds. The van der Waals surface area contributed by atoms with E-state index in [1.807, 2.05) is 12.4 Å². The van der Waals surface area contributed by atoms with Gasteiger partial charge in [0.15, 0.2) is 0 Å². The van der Waals surface area contributed by atoms with Gasteiger partial charge in [-0.1, -0.05) is 12.8 Å². The lowest BCUT2D eigenvalue weighted by Gasteiger charge is -2.26. The molecule has 0 spiro atoms. The van der Waals surface area contributed by atoms with Crippen LogP contribution in [0.15, 0.2) is 30.6 Å². The van der Waals surface area contributed by atoms with E-state index in [9.17, 15) is 20.2 Å². The first-order chi connectivity index (χ1) is 10.5. The van der Waals surface area contributed by atoms with E-state index in [-0.39, 0.29) is 11.4 Å². The second kappa shape index (κ2) is 5.63. The van der Waals surface area contributed by atoms with Gasteiger partial charge in [-0.25, -0.2) is 0 Å². The van der Waals surface area contributed by atoms with Gasteiger partial charge in [-0.15, -0.1) is 0 Å². The van der Waals surface area contributed by atoms with Gasteiger partial charge >= 0.3 is 0 Å². The summed E-state index contributed by atoms with van der Waals surface area (Å²) >= 11 is 0. The third kappa shape index (κ3) is 2.72. The topological polar surface area (TPSA) is 92.8 Å². The van der Waals surface area contributed by atoms with Crippen LogP contribution in [-0.4, -0.2) is 27.5 Å². The fourth-order valence-corrected chi connectivity index (χ4v) is 3.03. The Hall–Kier alpha value is -2.64. The lowest BCUT2D eigenvalue weighted by molar-refractivity contribution is -0.394. The van der Waals surface area contributed by atoms with Crippen LogP contribution in [-0.2, 0) is 0 Å². The Morgan fingerprint density at radius 2 is 1.55 bits per heavy atom. The predicted octanol–water partition coefficient (Wildman–Crippen LogP) is 3.00. The third-order valence-corrected chi connectivity index (χ3v) is 4.19. The van der Waals surface area contributed by atoms with Crippen LogP contribution in [0.4, 0.5) is 17.1 Å². The Kier molecular flexibility index (Phi) is 3.66. The molecule has 0 aromatic heterocycles. The van der Waals surface area contributed by atoms with Crippen LogP contribution in [0.1, 0.15) is 25.7 Å². The molecule has 1 aromatic rings. The van der Waals surface area contributed by atoms with Gasteiger partial charge < -0.3 is 9.80 Å². The van der Waals surface area contributed by atoms with E-state index in [1.54, 1.807) is 4.90 Å². The van der Waals surface area contributed by atoms with Crippen LogP contribution in [0.5, 0.6) is 0 Å². The van der Waals surface area contributed by atoms with Crippen molar-refractivity contribution in [3.63, 3.8) is 0 Å². The highest BCUT2D eigenvalue weighted by Crippen LogP contribution is 2.32. The number of non-ortho nitro benzene ring substituents is 2. The van der Waals surface area contributed by atoms with Gasteiger partial charge in [-0.3, -0.25) is 20.2 Å². The number of nitrogens with zero attached hydrogens (tertiary/aromatic N) is 4. The standard InChI is InChI=1S/C14H16N4O4/c19-17(20)13-7-12(8-14(9-13)18(21)22)16-6-5-15(10-16)11-3-1-2-4-11/h5-9,11H,1-4,10H2. The summed E-state index contributed by atoms with van der Waals surface area (Å²) in [6.45, 7) is 0.572. The molecular weight excluding hydrogens is 288 g/mol. The van der Waals surface area contributed by atoms with Gasteiger partial charge in [0, 0.05) is 30.6 Å². The van der Waals surface area contributed by atoms with Crippen molar-refractivity contribution >= 4 is 17.1 Å². The van der Waals surface area contributed by atoms with Crippen LogP contribution >= 0.6 is 0 Å². The molecule has 0 saturated heterocycles. The minimum atomic E-state index is -0.606. The summed E-state index contributed by atoms with van der Waals surface area (Å²) in [5.41, 5.74) is -0.0634. The Bertz CT molecular complexity index is 607. The molecule has 1 fully saturated rings. The van der Waals surface area contributed by atoms with Gasteiger partial charge in [0.05, 0.1) is 28.3 Å². The number of benzene rings is 1. The normalized spacial score (nSPS) is 18.2. The molecule has 1 aromatic carbocycles. The van der Waals surface area contributed by atoms with Gasteiger partial charge in [-0.05, 0) is 12.8 Å². The summed E-state index contributed by atoms with van der Waals surface area (Å²) in [5, 5.41) is 21.9. The van der Waals surface area contributed by atoms with E-state index in [0.717, 1.165) is 18.9 Å².